The van der Waals surface area contributed by atoms with Crippen LogP contribution in [0.25, 0.3) is 16.8 Å². The Bertz CT molecular complexity index is 2310. The van der Waals surface area contributed by atoms with Crippen molar-refractivity contribution in [2.75, 3.05) is 32.5 Å². The van der Waals surface area contributed by atoms with Gasteiger partial charge in [-0.2, -0.15) is 5.10 Å². The van der Waals surface area contributed by atoms with Gasteiger partial charge in [-0.25, -0.2) is 13.9 Å². The first kappa shape index (κ1) is 38.0. The van der Waals surface area contributed by atoms with Gasteiger partial charge in [0.2, 0.25) is 0 Å². The number of fused-ring (bicyclic) bond motifs is 1. The molecule has 0 aliphatic carbocycles. The number of halogens is 2. The smallest absolute Gasteiger partial charge is 0.328 e. The fraction of sp³-hybridized carbons (Fsp3) is 0.238. The zero-order valence-corrected chi connectivity index (χ0v) is 31.2. The molecule has 0 bridgehead atoms. The van der Waals surface area contributed by atoms with Crippen molar-refractivity contribution in [1.82, 2.24) is 19.6 Å². The van der Waals surface area contributed by atoms with Crippen LogP contribution in [0, 0.1) is 5.82 Å². The molecule has 12 nitrogen and oxygen atoms in total. The Labute approximate surface area is 327 Å². The zero-order chi connectivity index (χ0) is 39.3. The van der Waals surface area contributed by atoms with E-state index in [1.54, 1.807) is 36.5 Å². The third-order valence-electron chi connectivity index (χ3n) is 9.84. The molecular formula is C42H38ClFN6O6. The fourth-order valence-electron chi connectivity index (χ4n) is 7.02. The molecule has 1 saturated heterocycles. The first-order chi connectivity index (χ1) is 27.1. The number of carbonyl (C=O) groups excluding carboxylic acids is 4. The third-order valence-corrected chi connectivity index (χ3v) is 10.1. The number of nitrogens with two attached hydrogens (primary N) is 1. The van der Waals surface area contributed by atoms with Crippen molar-refractivity contribution >= 4 is 47.2 Å². The summed E-state index contributed by atoms with van der Waals surface area (Å²) in [5.41, 5.74) is 10.9. The molecule has 1 aromatic heterocycles. The van der Waals surface area contributed by atoms with Gasteiger partial charge in [-0.3, -0.25) is 24.3 Å². The average Bonchev–Trinajstić information content (AvgIpc) is 3.92. The number of nitrogens with zero attached hydrogens (tertiary/aromatic N) is 5. The number of anilines is 1. The second-order valence-electron chi connectivity index (χ2n) is 13.5. The van der Waals surface area contributed by atoms with Crippen LogP contribution in [0.1, 0.15) is 62.3 Å². The quantitative estimate of drug-likeness (QED) is 0.0460. The number of benzene rings is 4. The van der Waals surface area contributed by atoms with E-state index < -0.39 is 29.8 Å². The Hall–Kier alpha value is -6.34. The Kier molecular flexibility index (Phi) is 11.2. The number of nitrogen functional groups attached to an aromatic ring is 1. The van der Waals surface area contributed by atoms with Gasteiger partial charge in [-0.05, 0) is 78.9 Å². The Morgan fingerprint density at radius 1 is 0.964 bits per heavy atom. The minimum Gasteiger partial charge on any atom is -0.488 e. The predicted molar refractivity (Wildman–Crippen MR) is 209 cm³/mol. The molecule has 2 atom stereocenters. The van der Waals surface area contributed by atoms with Gasteiger partial charge >= 0.3 is 5.97 Å². The van der Waals surface area contributed by atoms with E-state index >= 15 is 0 Å². The molecular weight excluding hydrogens is 739 g/mol. The monoisotopic (exact) mass is 776 g/mol. The van der Waals surface area contributed by atoms with Crippen molar-refractivity contribution in [3.05, 3.63) is 130 Å². The summed E-state index contributed by atoms with van der Waals surface area (Å²) >= 11 is 6.20. The molecule has 0 spiro atoms. The van der Waals surface area contributed by atoms with Gasteiger partial charge in [0.15, 0.2) is 0 Å². The van der Waals surface area contributed by atoms with Crippen LogP contribution in [0.2, 0.25) is 5.02 Å². The molecule has 0 radical (unpaired) electrons. The van der Waals surface area contributed by atoms with Crippen LogP contribution in [0.4, 0.5) is 10.1 Å². The Morgan fingerprint density at radius 3 is 2.46 bits per heavy atom. The first-order valence-corrected chi connectivity index (χ1v) is 18.5. The molecule has 2 aliphatic heterocycles. The fourth-order valence-corrected chi connectivity index (χ4v) is 7.27. The highest BCUT2D eigenvalue weighted by Gasteiger charge is 2.42. The molecule has 2 unspecified atom stereocenters. The SMILES string of the molecule is COC(=O)C1CC(Oc2cccc(-c3cccc(N)c3C=NCCCCCN3C(=O)c4ccccc4C3=O)c2)CN1C(=O)c1cnn(-c2ccc(F)cc2Cl)c1. The van der Waals surface area contributed by atoms with Crippen molar-refractivity contribution in [3.8, 4) is 22.6 Å². The summed E-state index contributed by atoms with van der Waals surface area (Å²) in [7, 11) is 1.27. The van der Waals surface area contributed by atoms with E-state index in [1.807, 2.05) is 36.4 Å². The van der Waals surface area contributed by atoms with Crippen LogP contribution in [0.15, 0.2) is 102 Å². The van der Waals surface area contributed by atoms with Crippen LogP contribution < -0.4 is 10.5 Å². The molecule has 3 heterocycles. The van der Waals surface area contributed by atoms with E-state index in [2.05, 4.69) is 10.1 Å². The maximum atomic E-state index is 13.7. The molecule has 5 aromatic rings. The van der Waals surface area contributed by atoms with Crippen molar-refractivity contribution in [1.29, 1.82) is 0 Å². The molecule has 2 N–H and O–H groups in total. The van der Waals surface area contributed by atoms with Crippen LogP contribution in [0.5, 0.6) is 5.75 Å². The normalized spacial score (nSPS) is 16.5. The highest BCUT2D eigenvalue weighted by atomic mass is 35.5. The number of aliphatic imine (C=N–C) groups is 1. The predicted octanol–water partition coefficient (Wildman–Crippen LogP) is 6.63. The van der Waals surface area contributed by atoms with Crippen LogP contribution >= 0.6 is 11.6 Å². The molecule has 1 fully saturated rings. The third kappa shape index (κ3) is 7.89. The lowest BCUT2D eigenvalue weighted by atomic mass is 9.98. The number of unbranched alkanes of at least 4 members (excludes halogenated alkanes) is 2. The molecule has 2 aliphatic rings. The summed E-state index contributed by atoms with van der Waals surface area (Å²) in [4.78, 5) is 59.2. The van der Waals surface area contributed by atoms with Gasteiger partial charge in [0.05, 0.1) is 47.3 Å². The van der Waals surface area contributed by atoms with Gasteiger partial charge < -0.3 is 20.1 Å². The number of carbonyl (C=O) groups is 4. The van der Waals surface area contributed by atoms with Crippen molar-refractivity contribution in [3.63, 3.8) is 0 Å². The maximum Gasteiger partial charge on any atom is 0.328 e. The van der Waals surface area contributed by atoms with Crippen LogP contribution in [-0.2, 0) is 9.53 Å². The molecule has 56 heavy (non-hydrogen) atoms. The molecule has 7 rings (SSSR count). The van der Waals surface area contributed by atoms with E-state index in [0.717, 1.165) is 35.6 Å². The van der Waals surface area contributed by atoms with Gasteiger partial charge in [-0.15, -0.1) is 0 Å². The summed E-state index contributed by atoms with van der Waals surface area (Å²) in [5.74, 6) is -1.47. The van der Waals surface area contributed by atoms with E-state index in [1.165, 1.54) is 46.1 Å². The minimum absolute atomic E-state index is 0.111. The van der Waals surface area contributed by atoms with Gasteiger partial charge in [-0.1, -0.05) is 48.0 Å². The molecule has 0 saturated carbocycles. The number of esters is 1. The summed E-state index contributed by atoms with van der Waals surface area (Å²) in [6, 6.07) is 22.9. The lowest BCUT2D eigenvalue weighted by molar-refractivity contribution is -0.145. The molecule has 3 amide bonds. The van der Waals surface area contributed by atoms with E-state index in [9.17, 15) is 23.6 Å². The first-order valence-electron chi connectivity index (χ1n) is 18.1. The van der Waals surface area contributed by atoms with E-state index in [0.29, 0.717) is 47.8 Å². The number of hydrogen-bond donors (Lipinski definition) is 1. The maximum absolute atomic E-state index is 13.7. The summed E-state index contributed by atoms with van der Waals surface area (Å²) < 4.78 is 26.4. The number of methoxy groups -OCH3 is 1. The lowest BCUT2D eigenvalue weighted by Crippen LogP contribution is -2.41. The summed E-state index contributed by atoms with van der Waals surface area (Å²) in [5, 5.41) is 4.36. The van der Waals surface area contributed by atoms with Crippen molar-refractivity contribution in [2.45, 2.75) is 37.8 Å². The number of imide groups is 1. The van der Waals surface area contributed by atoms with E-state index in [-0.39, 0.29) is 35.4 Å². The number of hydrogen-bond acceptors (Lipinski definition) is 9. The standard InChI is InChI=1S/C42H38ClFN6O6/c1-55-42(54)38-21-30(25-49(38)39(51)27-22-47-50(24-27)37-16-15-28(44)20-35(37)43)56-29-10-7-9-26(19-29)31-13-8-14-36(45)34(31)23-46-17-5-2-6-18-48-40(52)32-11-3-4-12-33(32)41(48)53/h3-4,7-16,19-20,22-24,30,38H,2,5-6,17-18,21,25,45H2,1H3. The second kappa shape index (κ2) is 16.6. The molecule has 286 valence electrons. The Morgan fingerprint density at radius 2 is 1.71 bits per heavy atom. The number of likely N-dealkylation sites (tertiary alicyclic amines) is 1. The summed E-state index contributed by atoms with van der Waals surface area (Å²) in [6.45, 7) is 1.01. The minimum atomic E-state index is -0.891. The highest BCUT2D eigenvalue weighted by Crippen LogP contribution is 2.32. The van der Waals surface area contributed by atoms with E-state index in [4.69, 9.17) is 26.8 Å². The largest absolute Gasteiger partial charge is 0.488 e. The van der Waals surface area contributed by atoms with Crippen LogP contribution in [-0.4, -0.2) is 88.4 Å². The van der Waals surface area contributed by atoms with Gasteiger partial charge in [0.25, 0.3) is 17.7 Å². The zero-order valence-electron chi connectivity index (χ0n) is 30.4. The topological polar surface area (TPSA) is 149 Å². The van der Waals surface area contributed by atoms with Crippen LogP contribution in [0.3, 0.4) is 0 Å². The van der Waals surface area contributed by atoms with Gasteiger partial charge in [0.1, 0.15) is 23.7 Å². The van der Waals surface area contributed by atoms with Gasteiger partial charge in [0, 0.05) is 43.2 Å². The molecule has 14 heteroatoms. The number of amides is 3. The van der Waals surface area contributed by atoms with Crippen molar-refractivity contribution in [2.24, 2.45) is 4.99 Å². The Balaban J connectivity index is 0.978. The second-order valence-corrected chi connectivity index (χ2v) is 13.9. The molecule has 4 aromatic carbocycles. The van der Waals surface area contributed by atoms with Crippen molar-refractivity contribution < 1.29 is 33.0 Å². The summed E-state index contributed by atoms with van der Waals surface area (Å²) in [6.07, 6.45) is 6.50. The number of ether oxygens (including phenoxy) is 2. The lowest BCUT2D eigenvalue weighted by Gasteiger charge is -2.21. The number of aromatic nitrogens is 2. The highest BCUT2D eigenvalue weighted by molar-refractivity contribution is 6.32. The average molecular weight is 777 g/mol. The number of rotatable bonds is 13.